The zero-order chi connectivity index (χ0) is 24.5. The van der Waals surface area contributed by atoms with Gasteiger partial charge < -0.3 is 18.8 Å². The molecule has 3 aromatic carbocycles. The number of benzene rings is 3. The average molecular weight is 490 g/mol. The minimum Gasteiger partial charge on any atom is -0.497 e. The molecule has 7 heteroatoms. The Bertz CT molecular complexity index is 1460. The molecule has 0 bridgehead atoms. The number of carbonyl (C=O) groups is 1. The zero-order valence-electron chi connectivity index (χ0n) is 19.4. The third-order valence-corrected chi connectivity index (χ3v) is 6.45. The summed E-state index contributed by atoms with van der Waals surface area (Å²) in [6, 6.07) is 19.5. The van der Waals surface area contributed by atoms with Crippen molar-refractivity contribution in [1.82, 2.24) is 4.90 Å². The molecule has 1 aliphatic rings. The van der Waals surface area contributed by atoms with Crippen LogP contribution in [0.25, 0.3) is 11.0 Å². The van der Waals surface area contributed by atoms with Crippen molar-refractivity contribution < 1.29 is 18.7 Å². The third kappa shape index (κ3) is 4.26. The highest BCUT2D eigenvalue weighted by atomic mass is 35.5. The van der Waals surface area contributed by atoms with Gasteiger partial charge in [-0.2, -0.15) is 0 Å². The molecular formula is C28H24ClNO5. The van der Waals surface area contributed by atoms with Crippen molar-refractivity contribution in [3.8, 4) is 11.5 Å². The van der Waals surface area contributed by atoms with Gasteiger partial charge in [0.05, 0.1) is 30.7 Å². The summed E-state index contributed by atoms with van der Waals surface area (Å²) in [5.74, 6) is 1.21. The van der Waals surface area contributed by atoms with Crippen LogP contribution in [0, 0.1) is 0 Å². The largest absolute Gasteiger partial charge is 0.497 e. The Kier molecular flexibility index (Phi) is 6.22. The molecule has 0 saturated carbocycles. The fourth-order valence-corrected chi connectivity index (χ4v) is 4.72. The van der Waals surface area contributed by atoms with Gasteiger partial charge in [-0.1, -0.05) is 35.9 Å². The van der Waals surface area contributed by atoms with Crippen LogP contribution in [0.5, 0.6) is 11.5 Å². The second-order valence-corrected chi connectivity index (χ2v) is 8.76. The van der Waals surface area contributed by atoms with Crippen molar-refractivity contribution in [3.05, 3.63) is 104 Å². The number of amides is 1. The first-order valence-corrected chi connectivity index (χ1v) is 11.8. The normalized spacial score (nSPS) is 14.9. The lowest BCUT2D eigenvalue weighted by Crippen LogP contribution is -2.31. The minimum atomic E-state index is -0.601. The number of fused-ring (bicyclic) bond motifs is 2. The maximum absolute atomic E-state index is 13.7. The minimum absolute atomic E-state index is 0.0753. The summed E-state index contributed by atoms with van der Waals surface area (Å²) in [6.07, 6.45) is 0.602. The Balaban J connectivity index is 1.60. The molecule has 1 amide bonds. The van der Waals surface area contributed by atoms with Crippen LogP contribution in [-0.2, 0) is 6.42 Å². The fraction of sp³-hybridized carbons (Fsp3) is 0.214. The van der Waals surface area contributed by atoms with Crippen LogP contribution < -0.4 is 14.9 Å². The molecule has 0 unspecified atom stereocenters. The number of methoxy groups -OCH3 is 1. The van der Waals surface area contributed by atoms with Crippen LogP contribution in [0.15, 0.2) is 75.9 Å². The summed E-state index contributed by atoms with van der Waals surface area (Å²) in [5, 5.41) is 0.785. The van der Waals surface area contributed by atoms with Crippen LogP contribution in [0.1, 0.15) is 40.2 Å². The molecule has 6 nitrogen and oxygen atoms in total. The lowest BCUT2D eigenvalue weighted by molar-refractivity contribution is 0.0730. The number of halogens is 1. The first-order chi connectivity index (χ1) is 17.0. The van der Waals surface area contributed by atoms with Gasteiger partial charge >= 0.3 is 0 Å². The second-order valence-electron chi connectivity index (χ2n) is 8.32. The van der Waals surface area contributed by atoms with Crippen molar-refractivity contribution in [1.29, 1.82) is 0 Å². The summed E-state index contributed by atoms with van der Waals surface area (Å²) in [4.78, 5) is 29.0. The molecule has 1 atom stereocenters. The predicted octanol–water partition coefficient (Wildman–Crippen LogP) is 5.64. The van der Waals surface area contributed by atoms with Gasteiger partial charge in [0.2, 0.25) is 5.76 Å². The van der Waals surface area contributed by atoms with Gasteiger partial charge in [-0.15, -0.1) is 0 Å². The van der Waals surface area contributed by atoms with Crippen LogP contribution in [-0.4, -0.2) is 31.1 Å². The molecule has 1 aromatic heterocycles. The average Bonchev–Trinajstić information content (AvgIpc) is 3.15. The Labute approximate surface area is 207 Å². The lowest BCUT2D eigenvalue weighted by atomic mass is 9.98. The van der Waals surface area contributed by atoms with Crippen LogP contribution in [0.2, 0.25) is 5.02 Å². The fourth-order valence-electron chi connectivity index (χ4n) is 4.55. The maximum atomic E-state index is 13.7. The smallest absolute Gasteiger partial charge is 0.290 e. The van der Waals surface area contributed by atoms with E-state index in [1.54, 1.807) is 30.2 Å². The number of hydrogen-bond acceptors (Lipinski definition) is 5. The summed E-state index contributed by atoms with van der Waals surface area (Å²) in [7, 11) is 1.62. The second kappa shape index (κ2) is 9.47. The Hall–Kier alpha value is -3.77. The number of hydrogen-bond donors (Lipinski definition) is 0. The van der Waals surface area contributed by atoms with E-state index in [0.717, 1.165) is 16.9 Å². The first kappa shape index (κ1) is 23.0. The number of rotatable bonds is 7. The lowest BCUT2D eigenvalue weighted by Gasteiger charge is -2.25. The van der Waals surface area contributed by atoms with Gasteiger partial charge in [0.15, 0.2) is 5.43 Å². The molecule has 0 radical (unpaired) electrons. The Morgan fingerprint density at radius 3 is 2.54 bits per heavy atom. The van der Waals surface area contributed by atoms with Gasteiger partial charge in [-0.05, 0) is 66.9 Å². The zero-order valence-corrected chi connectivity index (χ0v) is 20.2. The van der Waals surface area contributed by atoms with Crippen LogP contribution >= 0.6 is 11.6 Å². The van der Waals surface area contributed by atoms with Gasteiger partial charge in [0.25, 0.3) is 5.91 Å². The molecule has 0 spiro atoms. The molecule has 0 N–H and O–H groups in total. The van der Waals surface area contributed by atoms with E-state index in [4.69, 9.17) is 25.5 Å². The summed E-state index contributed by atoms with van der Waals surface area (Å²) in [5.41, 5.74) is 2.24. The summed E-state index contributed by atoms with van der Waals surface area (Å²) < 4.78 is 16.9. The standard InChI is InChI=1S/C28H24ClNO5/c1-3-34-21-6-4-5-18(15-21)25-24-26(31)22-16-19(29)9-12-23(22)35-27(24)28(32)30(25)14-13-17-7-10-20(33-2)11-8-17/h4-12,15-16,25H,3,13-14H2,1-2H3/t25-/m1/s1. The molecule has 35 heavy (non-hydrogen) atoms. The molecule has 0 fully saturated rings. The monoisotopic (exact) mass is 489 g/mol. The summed E-state index contributed by atoms with van der Waals surface area (Å²) in [6.45, 7) is 2.82. The van der Waals surface area contributed by atoms with Crippen molar-refractivity contribution in [2.75, 3.05) is 20.3 Å². The molecule has 5 rings (SSSR count). The number of carbonyl (C=O) groups excluding carboxylic acids is 1. The molecule has 4 aromatic rings. The topological polar surface area (TPSA) is 69.0 Å². The van der Waals surface area contributed by atoms with Gasteiger partial charge in [-0.25, -0.2) is 0 Å². The highest BCUT2D eigenvalue weighted by Crippen LogP contribution is 2.39. The van der Waals surface area contributed by atoms with E-state index >= 15 is 0 Å². The van der Waals surface area contributed by atoms with Gasteiger partial charge in [-0.3, -0.25) is 9.59 Å². The highest BCUT2D eigenvalue weighted by molar-refractivity contribution is 6.31. The number of ether oxygens (including phenoxy) is 2. The first-order valence-electron chi connectivity index (χ1n) is 11.4. The molecule has 2 heterocycles. The van der Waals surface area contributed by atoms with Crippen molar-refractivity contribution in [2.45, 2.75) is 19.4 Å². The quantitative estimate of drug-likeness (QED) is 0.336. The summed E-state index contributed by atoms with van der Waals surface area (Å²) >= 11 is 6.16. The van der Waals surface area contributed by atoms with E-state index in [0.29, 0.717) is 46.9 Å². The van der Waals surface area contributed by atoms with Crippen LogP contribution in [0.4, 0.5) is 0 Å². The highest BCUT2D eigenvalue weighted by Gasteiger charge is 2.42. The van der Waals surface area contributed by atoms with E-state index in [2.05, 4.69) is 0 Å². The molecule has 178 valence electrons. The third-order valence-electron chi connectivity index (χ3n) is 6.21. The van der Waals surface area contributed by atoms with Crippen LogP contribution in [0.3, 0.4) is 0 Å². The van der Waals surface area contributed by atoms with Crippen molar-refractivity contribution in [3.63, 3.8) is 0 Å². The van der Waals surface area contributed by atoms with E-state index in [1.807, 2.05) is 55.5 Å². The maximum Gasteiger partial charge on any atom is 0.290 e. The van der Waals surface area contributed by atoms with Gasteiger partial charge in [0.1, 0.15) is 17.1 Å². The Morgan fingerprint density at radius 2 is 1.80 bits per heavy atom. The molecular weight excluding hydrogens is 466 g/mol. The van der Waals surface area contributed by atoms with E-state index in [1.165, 1.54) is 0 Å². The Morgan fingerprint density at radius 1 is 1.00 bits per heavy atom. The van der Waals surface area contributed by atoms with Crippen molar-refractivity contribution in [2.24, 2.45) is 0 Å². The molecule has 1 aliphatic heterocycles. The van der Waals surface area contributed by atoms with E-state index < -0.39 is 6.04 Å². The molecule has 0 saturated heterocycles. The van der Waals surface area contributed by atoms with Gasteiger partial charge in [0, 0.05) is 11.6 Å². The van der Waals surface area contributed by atoms with Crippen molar-refractivity contribution >= 4 is 28.5 Å². The SMILES string of the molecule is CCOc1cccc([C@@H]2c3c(oc4ccc(Cl)cc4c3=O)C(=O)N2CCc2ccc(OC)cc2)c1. The van der Waals surface area contributed by atoms with E-state index in [-0.39, 0.29) is 17.1 Å². The molecule has 0 aliphatic carbocycles. The number of nitrogens with zero attached hydrogens (tertiary/aromatic N) is 1. The van der Waals surface area contributed by atoms with E-state index in [9.17, 15) is 9.59 Å². The predicted molar refractivity (Wildman–Crippen MR) is 135 cm³/mol.